The summed E-state index contributed by atoms with van der Waals surface area (Å²) in [4.78, 5) is 29.0. The number of rotatable bonds is 4. The summed E-state index contributed by atoms with van der Waals surface area (Å²) in [5.41, 5.74) is 7.14. The first-order valence-electron chi connectivity index (χ1n) is 4.54. The molecule has 0 heterocycles. The first-order valence-corrected chi connectivity index (χ1v) is 4.54. The summed E-state index contributed by atoms with van der Waals surface area (Å²) in [6.07, 6.45) is 1.06. The Morgan fingerprint density at radius 2 is 1.25 bits per heavy atom. The summed E-state index contributed by atoms with van der Waals surface area (Å²) in [5.74, 6) is 0. The van der Waals surface area contributed by atoms with Crippen molar-refractivity contribution in [3.05, 3.63) is 20.2 Å². The Kier molecular flexibility index (Phi) is 3.14. The Hall–Kier alpha value is -1.68. The summed E-state index contributed by atoms with van der Waals surface area (Å²) in [7, 11) is 0. The lowest BCUT2D eigenvalue weighted by Gasteiger charge is -2.44. The molecule has 0 amide bonds. The first-order chi connectivity index (χ1) is 7.29. The van der Waals surface area contributed by atoms with E-state index in [2.05, 4.69) is 9.68 Å². The van der Waals surface area contributed by atoms with E-state index in [9.17, 15) is 20.2 Å². The van der Waals surface area contributed by atoms with Crippen LogP contribution in [-0.4, -0.2) is 21.6 Å². The molecule has 1 fully saturated rings. The van der Waals surface area contributed by atoms with Crippen molar-refractivity contribution in [2.75, 3.05) is 0 Å². The van der Waals surface area contributed by atoms with Crippen molar-refractivity contribution in [1.29, 1.82) is 0 Å². The largest absolute Gasteiger partial charge is 0.300 e. The number of hydrogen-bond acceptors (Lipinski definition) is 8. The smallest absolute Gasteiger partial charge is 0.296 e. The van der Waals surface area contributed by atoms with Crippen molar-refractivity contribution in [2.24, 2.45) is 11.5 Å². The molecule has 2 atom stereocenters. The van der Waals surface area contributed by atoms with Crippen molar-refractivity contribution < 1.29 is 19.8 Å². The van der Waals surface area contributed by atoms with E-state index in [1.54, 1.807) is 0 Å². The van der Waals surface area contributed by atoms with Crippen LogP contribution in [-0.2, 0) is 9.68 Å². The van der Waals surface area contributed by atoms with Gasteiger partial charge in [0, 0.05) is 0 Å². The highest BCUT2D eigenvalue weighted by molar-refractivity contribution is 4.96. The van der Waals surface area contributed by atoms with Gasteiger partial charge in [0.1, 0.15) is 0 Å². The van der Waals surface area contributed by atoms with Gasteiger partial charge in [0.2, 0.25) is 11.4 Å². The molecule has 1 aliphatic carbocycles. The van der Waals surface area contributed by atoms with Gasteiger partial charge in [-0.05, 0) is 25.7 Å². The molecule has 4 N–H and O–H groups in total. The van der Waals surface area contributed by atoms with Crippen LogP contribution in [0.5, 0.6) is 0 Å². The highest BCUT2D eigenvalue weighted by Crippen LogP contribution is 2.35. The maximum atomic E-state index is 10.3. The molecule has 2 unspecified atom stereocenters. The predicted octanol–water partition coefficient (Wildman–Crippen LogP) is -0.713. The number of nitrogens with zero attached hydrogens (tertiary/aromatic N) is 2. The summed E-state index contributed by atoms with van der Waals surface area (Å²) >= 11 is 0. The highest BCUT2D eigenvalue weighted by atomic mass is 17.0. The Balaban J connectivity index is 2.92. The molecular weight excluding hydrogens is 224 g/mol. The molecule has 0 aromatic carbocycles. The van der Waals surface area contributed by atoms with Crippen molar-refractivity contribution >= 4 is 0 Å². The minimum Gasteiger partial charge on any atom is -0.300 e. The molecule has 0 bridgehead atoms. The maximum Gasteiger partial charge on any atom is 0.296 e. The Morgan fingerprint density at radius 3 is 1.50 bits per heavy atom. The van der Waals surface area contributed by atoms with Gasteiger partial charge in [-0.3, -0.25) is 9.68 Å². The molecule has 16 heavy (non-hydrogen) atoms. The highest BCUT2D eigenvalue weighted by Gasteiger charge is 2.54. The summed E-state index contributed by atoms with van der Waals surface area (Å²) in [5, 5.41) is 18.3. The van der Waals surface area contributed by atoms with Crippen molar-refractivity contribution in [3.63, 3.8) is 0 Å². The predicted molar refractivity (Wildman–Crippen MR) is 48.5 cm³/mol. The molecule has 0 aliphatic heterocycles. The van der Waals surface area contributed by atoms with Gasteiger partial charge in [0.15, 0.2) is 0 Å². The molecule has 0 aromatic rings. The fourth-order valence-electron chi connectivity index (χ4n) is 1.71. The van der Waals surface area contributed by atoms with E-state index in [4.69, 9.17) is 11.5 Å². The second-order valence-corrected chi connectivity index (χ2v) is 3.62. The van der Waals surface area contributed by atoms with E-state index < -0.39 is 21.6 Å². The molecule has 10 nitrogen and oxygen atoms in total. The van der Waals surface area contributed by atoms with Crippen LogP contribution < -0.4 is 11.5 Å². The van der Waals surface area contributed by atoms with Gasteiger partial charge in [-0.25, -0.2) is 0 Å². The van der Waals surface area contributed by atoms with Gasteiger partial charge < -0.3 is 11.5 Å². The lowest BCUT2D eigenvalue weighted by atomic mass is 9.84. The fourth-order valence-corrected chi connectivity index (χ4v) is 1.71. The third kappa shape index (κ3) is 2.28. The molecule has 0 aromatic heterocycles. The monoisotopic (exact) mass is 236 g/mol. The molecule has 1 saturated carbocycles. The van der Waals surface area contributed by atoms with Crippen LogP contribution in [0, 0.1) is 20.2 Å². The van der Waals surface area contributed by atoms with Gasteiger partial charge in [-0.15, -0.1) is 20.2 Å². The zero-order chi connectivity index (χ0) is 12.4. The van der Waals surface area contributed by atoms with Crippen LogP contribution in [0.3, 0.4) is 0 Å². The average molecular weight is 236 g/mol. The zero-order valence-corrected chi connectivity index (χ0v) is 8.33. The SMILES string of the molecule is NC1(O[N+](=O)[O-])CCCCC1(N)O[N+](=O)[O-]. The molecule has 0 spiro atoms. The normalized spacial score (nSPS) is 34.1. The Labute approximate surface area is 89.7 Å². The second-order valence-electron chi connectivity index (χ2n) is 3.62. The van der Waals surface area contributed by atoms with Crippen LogP contribution >= 0.6 is 0 Å². The molecule has 0 radical (unpaired) electrons. The van der Waals surface area contributed by atoms with Crippen LogP contribution in [0.25, 0.3) is 0 Å². The van der Waals surface area contributed by atoms with Crippen LogP contribution in [0.4, 0.5) is 0 Å². The zero-order valence-electron chi connectivity index (χ0n) is 8.33. The number of nitrogens with two attached hydrogens (primary N) is 2. The van der Waals surface area contributed by atoms with Crippen LogP contribution in [0.1, 0.15) is 25.7 Å². The van der Waals surface area contributed by atoms with Gasteiger partial charge >= 0.3 is 0 Å². The summed E-state index contributed by atoms with van der Waals surface area (Å²) in [6.45, 7) is 0. The molecule has 1 aliphatic rings. The topological polar surface area (TPSA) is 157 Å². The minimum atomic E-state index is -2.00. The first kappa shape index (κ1) is 12.4. The molecular formula is C6H12N4O6. The van der Waals surface area contributed by atoms with E-state index in [1.165, 1.54) is 0 Å². The molecule has 92 valence electrons. The minimum absolute atomic E-state index is 0.0122. The summed E-state index contributed by atoms with van der Waals surface area (Å²) in [6, 6.07) is 0. The van der Waals surface area contributed by atoms with E-state index in [1.807, 2.05) is 0 Å². The molecule has 0 saturated heterocycles. The molecule has 10 heteroatoms. The maximum absolute atomic E-state index is 10.3. The van der Waals surface area contributed by atoms with Crippen LogP contribution in [0.2, 0.25) is 0 Å². The lowest BCUT2D eigenvalue weighted by molar-refractivity contribution is -0.823. The van der Waals surface area contributed by atoms with E-state index in [0.29, 0.717) is 12.8 Å². The van der Waals surface area contributed by atoms with Gasteiger partial charge in [0.05, 0.1) is 0 Å². The van der Waals surface area contributed by atoms with Gasteiger partial charge in [0.25, 0.3) is 10.2 Å². The van der Waals surface area contributed by atoms with Crippen LogP contribution in [0.15, 0.2) is 0 Å². The second kappa shape index (κ2) is 4.06. The van der Waals surface area contributed by atoms with Gasteiger partial charge in [-0.2, -0.15) is 0 Å². The number of hydrogen-bond donors (Lipinski definition) is 2. The van der Waals surface area contributed by atoms with Crippen molar-refractivity contribution in [2.45, 2.75) is 37.1 Å². The Morgan fingerprint density at radius 1 is 0.938 bits per heavy atom. The third-order valence-electron chi connectivity index (χ3n) is 2.54. The van der Waals surface area contributed by atoms with Gasteiger partial charge in [-0.1, -0.05) is 0 Å². The standard InChI is InChI=1S/C6H12N4O6/c7-5(15-9(11)12)3-1-2-4-6(5,8)16-10(13)14/h1-4,7-8H2. The van der Waals surface area contributed by atoms with E-state index in [0.717, 1.165) is 0 Å². The molecule has 1 rings (SSSR count). The van der Waals surface area contributed by atoms with Crippen molar-refractivity contribution in [1.82, 2.24) is 0 Å². The lowest BCUT2D eigenvalue weighted by Crippen LogP contribution is -2.71. The van der Waals surface area contributed by atoms with E-state index in [-0.39, 0.29) is 12.8 Å². The Bertz CT molecular complexity index is 281. The third-order valence-corrected chi connectivity index (χ3v) is 2.54. The fraction of sp³-hybridized carbons (Fsp3) is 1.00. The average Bonchev–Trinajstić information content (AvgIpc) is 2.08. The van der Waals surface area contributed by atoms with Crippen molar-refractivity contribution in [3.8, 4) is 0 Å². The van der Waals surface area contributed by atoms with E-state index >= 15 is 0 Å². The summed E-state index contributed by atoms with van der Waals surface area (Å²) < 4.78 is 0. The quantitative estimate of drug-likeness (QED) is 0.368.